The Hall–Kier alpha value is -4.56. The van der Waals surface area contributed by atoms with Crippen LogP contribution in [0.5, 0.6) is 5.75 Å². The van der Waals surface area contributed by atoms with Crippen molar-refractivity contribution in [2.75, 3.05) is 29.5 Å². The van der Waals surface area contributed by atoms with Crippen molar-refractivity contribution < 1.29 is 42.2 Å². The highest BCUT2D eigenvalue weighted by Crippen LogP contribution is 2.33. The maximum atomic E-state index is 13.4. The lowest BCUT2D eigenvalue weighted by atomic mass is 10.1. The molecule has 0 saturated heterocycles. The Morgan fingerprint density at radius 1 is 0.939 bits per heavy atom. The van der Waals surface area contributed by atoms with Crippen LogP contribution in [0.25, 0.3) is 0 Å². The summed E-state index contributed by atoms with van der Waals surface area (Å²) in [7, 11) is 0. The van der Waals surface area contributed by atoms with Gasteiger partial charge in [0.1, 0.15) is 5.75 Å². The van der Waals surface area contributed by atoms with Gasteiger partial charge in [-0.05, 0) is 98.1 Å². The Bertz CT molecular complexity index is 1600. The van der Waals surface area contributed by atoms with E-state index in [0.29, 0.717) is 29.1 Å². The van der Waals surface area contributed by atoms with E-state index in [-0.39, 0.29) is 30.4 Å². The number of carbonyl (C=O) groups is 4. The molecule has 0 unspecified atom stereocenters. The molecule has 0 bridgehead atoms. The number of ether oxygens (including phenoxy) is 1. The Morgan fingerprint density at radius 3 is 2.20 bits per heavy atom. The summed E-state index contributed by atoms with van der Waals surface area (Å²) in [4.78, 5) is 49.8. The van der Waals surface area contributed by atoms with E-state index in [9.17, 15) is 27.6 Å². The monoisotopic (exact) mass is 700 g/mol. The fourth-order valence-corrected chi connectivity index (χ4v) is 5.80. The van der Waals surface area contributed by atoms with E-state index < -0.39 is 12.1 Å². The summed E-state index contributed by atoms with van der Waals surface area (Å²) in [5.41, 5.74) is 8.91. The van der Waals surface area contributed by atoms with Crippen LogP contribution < -0.4 is 21.1 Å². The number of hydrogen-bond acceptors (Lipinski definition) is 7. The normalized spacial score (nSPS) is 13.6. The molecule has 0 spiro atoms. The van der Waals surface area contributed by atoms with Crippen LogP contribution in [0.4, 0.5) is 24.5 Å². The standard InChI is InChI=1S/C33H38N4O4S.C2HF3O2/c34-18-4-2-1-3-5-19-42-28-15-11-26(12-16-28)35-32(39)24-8-6-23(7-9-24)21-37(27-13-14-27)33(40)25-10-17-29-30(20-25)41-22-31(38)36-29;3-2(4,5)1(6)7/h6-12,15-17,20,27H,1-5,13-14,18-19,21-22,34H2,(H,35,39)(H,36,38);(H,6,7). The minimum absolute atomic E-state index is 0.0577. The van der Waals surface area contributed by atoms with E-state index in [4.69, 9.17) is 20.4 Å². The van der Waals surface area contributed by atoms with Gasteiger partial charge in [-0.25, -0.2) is 4.79 Å². The summed E-state index contributed by atoms with van der Waals surface area (Å²) in [6.07, 6.45) is 2.86. The van der Waals surface area contributed by atoms with Crippen molar-refractivity contribution in [3.8, 4) is 5.75 Å². The second kappa shape index (κ2) is 17.7. The van der Waals surface area contributed by atoms with Crippen molar-refractivity contribution in [3.05, 3.63) is 83.4 Å². The number of carboxylic acids is 1. The molecule has 10 nitrogen and oxygen atoms in total. The maximum absolute atomic E-state index is 13.4. The Morgan fingerprint density at radius 2 is 1.57 bits per heavy atom. The van der Waals surface area contributed by atoms with Crippen LogP contribution in [0, 0.1) is 0 Å². The summed E-state index contributed by atoms with van der Waals surface area (Å²) in [5.74, 6) is -1.62. The molecule has 3 amide bonds. The topological polar surface area (TPSA) is 151 Å². The molecule has 0 radical (unpaired) electrons. The number of anilines is 2. The number of alkyl halides is 3. The molecule has 1 heterocycles. The number of thioether (sulfide) groups is 1. The summed E-state index contributed by atoms with van der Waals surface area (Å²) in [5, 5.41) is 12.9. The number of unbranched alkanes of at least 4 members (excludes halogenated alkanes) is 4. The summed E-state index contributed by atoms with van der Waals surface area (Å²) >= 11 is 1.84. The second-order valence-electron chi connectivity index (χ2n) is 11.6. The molecule has 49 heavy (non-hydrogen) atoms. The number of nitrogens with zero attached hydrogens (tertiary/aromatic N) is 1. The van der Waals surface area contributed by atoms with E-state index in [1.807, 2.05) is 53.1 Å². The third kappa shape index (κ3) is 11.8. The molecule has 1 fully saturated rings. The lowest BCUT2D eigenvalue weighted by Gasteiger charge is -2.24. The van der Waals surface area contributed by atoms with Crippen molar-refractivity contribution in [1.82, 2.24) is 4.90 Å². The van der Waals surface area contributed by atoms with Gasteiger partial charge in [-0.1, -0.05) is 31.4 Å². The van der Waals surface area contributed by atoms with Gasteiger partial charge in [0.05, 0.1) is 5.69 Å². The third-order valence-electron chi connectivity index (χ3n) is 7.65. The number of aliphatic carboxylic acids is 1. The number of rotatable bonds is 14. The summed E-state index contributed by atoms with van der Waals surface area (Å²) in [6, 6.07) is 20.7. The molecule has 5 N–H and O–H groups in total. The van der Waals surface area contributed by atoms with Crippen molar-refractivity contribution in [2.45, 2.75) is 68.6 Å². The highest BCUT2D eigenvalue weighted by atomic mass is 32.2. The van der Waals surface area contributed by atoms with Crippen molar-refractivity contribution in [1.29, 1.82) is 0 Å². The number of carboxylic acid groups (broad SMARTS) is 1. The van der Waals surface area contributed by atoms with Crippen LogP contribution >= 0.6 is 11.8 Å². The maximum Gasteiger partial charge on any atom is 0.490 e. The van der Waals surface area contributed by atoms with E-state index in [1.54, 1.807) is 30.3 Å². The van der Waals surface area contributed by atoms with Gasteiger partial charge in [-0.15, -0.1) is 11.8 Å². The Balaban J connectivity index is 0.000000698. The van der Waals surface area contributed by atoms with E-state index in [2.05, 4.69) is 10.6 Å². The minimum Gasteiger partial charge on any atom is -0.482 e. The van der Waals surface area contributed by atoms with Gasteiger partial charge in [-0.3, -0.25) is 14.4 Å². The molecular weight excluding hydrogens is 661 g/mol. The molecule has 1 aliphatic carbocycles. The van der Waals surface area contributed by atoms with Crippen molar-refractivity contribution in [3.63, 3.8) is 0 Å². The van der Waals surface area contributed by atoms with E-state index >= 15 is 0 Å². The molecule has 3 aromatic rings. The lowest BCUT2D eigenvalue weighted by molar-refractivity contribution is -0.192. The van der Waals surface area contributed by atoms with Gasteiger partial charge in [0.15, 0.2) is 6.61 Å². The van der Waals surface area contributed by atoms with Gasteiger partial charge in [0, 0.05) is 34.3 Å². The van der Waals surface area contributed by atoms with Crippen molar-refractivity contribution >= 4 is 46.8 Å². The zero-order valence-electron chi connectivity index (χ0n) is 26.8. The van der Waals surface area contributed by atoms with Gasteiger partial charge < -0.3 is 31.1 Å². The Kier molecular flexibility index (Phi) is 13.5. The number of hydrogen-bond donors (Lipinski definition) is 4. The average molecular weight is 701 g/mol. The fraction of sp³-hybridized carbons (Fsp3) is 0.371. The van der Waals surface area contributed by atoms with Gasteiger partial charge in [0.25, 0.3) is 17.7 Å². The van der Waals surface area contributed by atoms with Crippen LogP contribution in [0.2, 0.25) is 0 Å². The zero-order valence-corrected chi connectivity index (χ0v) is 27.6. The minimum atomic E-state index is -5.08. The highest BCUT2D eigenvalue weighted by molar-refractivity contribution is 7.99. The quantitative estimate of drug-likeness (QED) is 0.107. The van der Waals surface area contributed by atoms with E-state index in [0.717, 1.165) is 42.8 Å². The van der Waals surface area contributed by atoms with Gasteiger partial charge in [0.2, 0.25) is 0 Å². The van der Waals surface area contributed by atoms with Gasteiger partial charge in [-0.2, -0.15) is 13.2 Å². The molecule has 3 aromatic carbocycles. The first-order chi connectivity index (χ1) is 23.4. The van der Waals surface area contributed by atoms with Crippen LogP contribution in [0.1, 0.15) is 71.2 Å². The predicted molar refractivity (Wildman–Crippen MR) is 181 cm³/mol. The van der Waals surface area contributed by atoms with Crippen LogP contribution in [-0.4, -0.2) is 64.8 Å². The number of benzene rings is 3. The van der Waals surface area contributed by atoms with Crippen LogP contribution in [0.3, 0.4) is 0 Å². The number of carbonyl (C=O) groups excluding carboxylic acids is 3. The summed E-state index contributed by atoms with van der Waals surface area (Å²) < 4.78 is 37.2. The molecule has 2 aliphatic rings. The first-order valence-corrected chi connectivity index (χ1v) is 16.9. The molecule has 5 rings (SSSR count). The molecule has 0 aromatic heterocycles. The molecule has 1 aliphatic heterocycles. The highest BCUT2D eigenvalue weighted by Gasteiger charge is 2.38. The number of amides is 3. The SMILES string of the molecule is NCCCCCCCSc1ccc(NC(=O)c2ccc(CN(C(=O)c3ccc4c(c3)OCC(=O)N4)C3CC3)cc2)cc1.O=C(O)C(F)(F)F. The first kappa shape index (κ1) is 37.3. The number of halogens is 3. The molecule has 14 heteroatoms. The predicted octanol–water partition coefficient (Wildman–Crippen LogP) is 6.71. The molecule has 0 atom stereocenters. The third-order valence-corrected chi connectivity index (χ3v) is 8.75. The molecule has 1 saturated carbocycles. The summed E-state index contributed by atoms with van der Waals surface area (Å²) in [6.45, 7) is 1.17. The largest absolute Gasteiger partial charge is 0.490 e. The Labute approximate surface area is 286 Å². The first-order valence-electron chi connectivity index (χ1n) is 16.0. The fourth-order valence-electron chi connectivity index (χ4n) is 4.89. The van der Waals surface area contributed by atoms with Crippen LogP contribution in [-0.2, 0) is 16.1 Å². The van der Waals surface area contributed by atoms with Crippen LogP contribution in [0.15, 0.2) is 71.6 Å². The number of nitrogens with two attached hydrogens (primary N) is 1. The van der Waals surface area contributed by atoms with E-state index in [1.165, 1.54) is 30.6 Å². The number of fused-ring (bicyclic) bond motifs is 1. The lowest BCUT2D eigenvalue weighted by Crippen LogP contribution is -2.33. The molecular formula is C35H39F3N4O6S. The number of nitrogens with one attached hydrogen (secondary N) is 2. The van der Waals surface area contributed by atoms with Crippen molar-refractivity contribution in [2.24, 2.45) is 5.73 Å². The second-order valence-corrected chi connectivity index (χ2v) is 12.8. The zero-order chi connectivity index (χ0) is 35.4. The van der Waals surface area contributed by atoms with Gasteiger partial charge >= 0.3 is 12.1 Å². The molecule has 262 valence electrons. The smallest absolute Gasteiger partial charge is 0.482 e. The average Bonchev–Trinajstić information content (AvgIpc) is 3.93.